The molecule has 15 heteroatoms. The summed E-state index contributed by atoms with van der Waals surface area (Å²) >= 11 is 0. The molecule has 0 spiro atoms. The smallest absolute Gasteiger partial charge is 0.323 e. The fourth-order valence-electron chi connectivity index (χ4n) is 5.29. The third kappa shape index (κ3) is 4.97. The molecule has 5 rings (SSSR count). The second-order valence-corrected chi connectivity index (χ2v) is 9.84. The van der Waals surface area contributed by atoms with E-state index in [1.807, 2.05) is 18.7 Å². The molecule has 0 aromatic carbocycles. The predicted molar refractivity (Wildman–Crippen MR) is 150 cm³/mol. The molecule has 4 aromatic rings. The third-order valence-electron chi connectivity index (χ3n) is 7.40. The van der Waals surface area contributed by atoms with Crippen LogP contribution in [-0.2, 0) is 17.8 Å². The first-order valence-corrected chi connectivity index (χ1v) is 13.5. The van der Waals surface area contributed by atoms with Crippen LogP contribution in [0.15, 0.2) is 29.5 Å². The average molecular weight is 578 g/mol. The normalized spacial score (nSPS) is 15.3. The number of hydrogen-bond donors (Lipinski definition) is 2. The number of carbonyl (C=O) groups is 2. The number of amides is 1. The van der Waals surface area contributed by atoms with Crippen LogP contribution >= 0.6 is 0 Å². The van der Waals surface area contributed by atoms with E-state index in [1.54, 1.807) is 24.0 Å². The lowest BCUT2D eigenvalue weighted by molar-refractivity contribution is -0.137. The first kappa shape index (κ1) is 28.4. The Bertz CT molecular complexity index is 1730. The van der Waals surface area contributed by atoms with E-state index in [2.05, 4.69) is 25.1 Å². The molecule has 0 aliphatic carbocycles. The summed E-state index contributed by atoms with van der Waals surface area (Å²) in [5.41, 5.74) is 1.36. The highest BCUT2D eigenvalue weighted by Crippen LogP contribution is 2.28. The molecular weight excluding hydrogens is 546 g/mol. The minimum atomic E-state index is -1.09. The van der Waals surface area contributed by atoms with Gasteiger partial charge < -0.3 is 29.3 Å². The lowest BCUT2D eigenvalue weighted by atomic mass is 10.0. The number of fused-ring (bicyclic) bond motifs is 1. The number of aryl methyl sites for hydroxylation is 1. The minimum absolute atomic E-state index is 0.0222. The van der Waals surface area contributed by atoms with Gasteiger partial charge in [0, 0.05) is 43.6 Å². The lowest BCUT2D eigenvalue weighted by Gasteiger charge is -2.43. The number of nitrogens with zero attached hydrogens (tertiary/aromatic N) is 9. The van der Waals surface area contributed by atoms with Crippen LogP contribution in [0.25, 0.3) is 16.9 Å². The topological polar surface area (TPSA) is 182 Å². The fraction of sp³-hybridized carbons (Fsp3) is 0.407. The van der Waals surface area contributed by atoms with Gasteiger partial charge >= 0.3 is 5.97 Å². The van der Waals surface area contributed by atoms with Crippen LogP contribution < -0.4 is 15.1 Å². The second kappa shape index (κ2) is 11.4. The number of aromatic nitrogens is 7. The van der Waals surface area contributed by atoms with Crippen molar-refractivity contribution in [1.82, 2.24) is 39.4 Å². The molecule has 1 unspecified atom stereocenters. The largest absolute Gasteiger partial charge is 0.504 e. The monoisotopic (exact) mass is 577 g/mol. The van der Waals surface area contributed by atoms with E-state index in [-0.39, 0.29) is 47.2 Å². The van der Waals surface area contributed by atoms with Crippen LogP contribution in [0.2, 0.25) is 0 Å². The quantitative estimate of drug-likeness (QED) is 0.305. The number of hydrogen-bond acceptors (Lipinski definition) is 11. The van der Waals surface area contributed by atoms with Crippen LogP contribution in [0, 0.1) is 6.92 Å². The number of carboxylic acids is 1. The van der Waals surface area contributed by atoms with Gasteiger partial charge in [-0.25, -0.2) is 15.0 Å². The zero-order chi connectivity index (χ0) is 30.1. The Hall–Kier alpha value is -5.08. The number of methoxy groups -OCH3 is 1. The summed E-state index contributed by atoms with van der Waals surface area (Å²) in [6, 6.07) is 2.98. The molecule has 2 N–H and O–H groups in total. The highest BCUT2D eigenvalue weighted by molar-refractivity contribution is 5.95. The molecule has 1 fully saturated rings. The zero-order valence-corrected chi connectivity index (χ0v) is 23.7. The van der Waals surface area contributed by atoms with E-state index < -0.39 is 18.4 Å². The van der Waals surface area contributed by atoms with Gasteiger partial charge in [-0.1, -0.05) is 13.8 Å². The number of pyridine rings is 2. The molecule has 1 amide bonds. The standard InChI is InChI=1S/C27H31N9O6/c1-5-16-12-33(27(41)22-24(39)15(3)29-14-30-22)9-10-34(16)23-18(6-2)35(13-20(37)38)26-21(25(23)40)31-36(32-26)17-7-8-28-19(11-17)42-4/h7-8,11,14,16,39H,5-6,9-10,12-13H2,1-4H3,(H,37,38). The van der Waals surface area contributed by atoms with Crippen LogP contribution in [-0.4, -0.2) is 94.3 Å². The maximum atomic E-state index is 14.1. The fourth-order valence-corrected chi connectivity index (χ4v) is 5.29. The van der Waals surface area contributed by atoms with Gasteiger partial charge in [-0.3, -0.25) is 14.4 Å². The number of rotatable bonds is 8. The minimum Gasteiger partial charge on any atom is -0.504 e. The number of carboxylic acid groups (broad SMARTS) is 1. The Morgan fingerprint density at radius 2 is 1.93 bits per heavy atom. The summed E-state index contributed by atoms with van der Waals surface area (Å²) < 4.78 is 6.71. The maximum absolute atomic E-state index is 14.1. The van der Waals surface area contributed by atoms with Gasteiger partial charge in [0.25, 0.3) is 5.91 Å². The Balaban J connectivity index is 1.60. The van der Waals surface area contributed by atoms with Gasteiger partial charge in [0.15, 0.2) is 22.6 Å². The van der Waals surface area contributed by atoms with Gasteiger partial charge in [0.1, 0.15) is 18.6 Å². The highest BCUT2D eigenvalue weighted by atomic mass is 16.5. The molecule has 1 aliphatic heterocycles. The van der Waals surface area contributed by atoms with Crippen molar-refractivity contribution >= 4 is 28.7 Å². The average Bonchev–Trinajstić information content (AvgIpc) is 3.45. The third-order valence-corrected chi connectivity index (χ3v) is 7.40. The predicted octanol–water partition coefficient (Wildman–Crippen LogP) is 1.18. The molecule has 0 radical (unpaired) electrons. The van der Waals surface area contributed by atoms with Gasteiger partial charge in [-0.15, -0.1) is 15.0 Å². The molecule has 15 nitrogen and oxygen atoms in total. The van der Waals surface area contributed by atoms with Crippen molar-refractivity contribution in [3.8, 4) is 17.3 Å². The van der Waals surface area contributed by atoms with E-state index >= 15 is 0 Å². The molecule has 5 heterocycles. The Morgan fingerprint density at radius 3 is 2.62 bits per heavy atom. The van der Waals surface area contributed by atoms with Crippen LogP contribution in [0.5, 0.6) is 11.6 Å². The highest BCUT2D eigenvalue weighted by Gasteiger charge is 2.35. The Morgan fingerprint density at radius 1 is 1.14 bits per heavy atom. The van der Waals surface area contributed by atoms with Crippen molar-refractivity contribution < 1.29 is 24.5 Å². The number of piperazine rings is 1. The molecular formula is C27H31N9O6. The van der Waals surface area contributed by atoms with Crippen molar-refractivity contribution in [3.63, 3.8) is 0 Å². The summed E-state index contributed by atoms with van der Waals surface area (Å²) in [5.74, 6) is -1.46. The molecule has 42 heavy (non-hydrogen) atoms. The molecule has 0 saturated carbocycles. The van der Waals surface area contributed by atoms with E-state index in [0.717, 1.165) is 0 Å². The first-order chi connectivity index (χ1) is 20.2. The van der Waals surface area contributed by atoms with Gasteiger partial charge in [-0.2, -0.15) is 0 Å². The van der Waals surface area contributed by atoms with Gasteiger partial charge in [0.05, 0.1) is 18.5 Å². The van der Waals surface area contributed by atoms with E-state index in [4.69, 9.17) is 4.74 Å². The zero-order valence-electron chi connectivity index (χ0n) is 23.7. The van der Waals surface area contributed by atoms with Crippen LogP contribution in [0.4, 0.5) is 5.69 Å². The summed E-state index contributed by atoms with van der Waals surface area (Å²) in [6.45, 7) is 5.78. The molecule has 220 valence electrons. The Kier molecular flexibility index (Phi) is 7.74. The van der Waals surface area contributed by atoms with Gasteiger partial charge in [-0.05, 0) is 25.8 Å². The second-order valence-electron chi connectivity index (χ2n) is 9.84. The van der Waals surface area contributed by atoms with Crippen molar-refractivity contribution in [2.24, 2.45) is 0 Å². The summed E-state index contributed by atoms with van der Waals surface area (Å²) in [6.07, 6.45) is 3.69. The number of carbonyl (C=O) groups excluding carboxylic acids is 1. The molecule has 1 atom stereocenters. The van der Waals surface area contributed by atoms with E-state index in [1.165, 1.54) is 29.0 Å². The Labute approximate surface area is 240 Å². The van der Waals surface area contributed by atoms with Gasteiger partial charge in [0.2, 0.25) is 11.3 Å². The summed E-state index contributed by atoms with van der Waals surface area (Å²) in [4.78, 5) is 56.2. The molecule has 1 saturated heterocycles. The number of anilines is 1. The van der Waals surface area contributed by atoms with E-state index in [9.17, 15) is 24.6 Å². The van der Waals surface area contributed by atoms with E-state index in [0.29, 0.717) is 48.0 Å². The van der Waals surface area contributed by atoms with Crippen molar-refractivity contribution in [3.05, 3.63) is 52.0 Å². The van der Waals surface area contributed by atoms with Crippen LogP contribution in [0.1, 0.15) is 42.1 Å². The van der Waals surface area contributed by atoms with Crippen molar-refractivity contribution in [2.45, 2.75) is 46.2 Å². The van der Waals surface area contributed by atoms with Crippen molar-refractivity contribution in [1.29, 1.82) is 0 Å². The summed E-state index contributed by atoms with van der Waals surface area (Å²) in [7, 11) is 1.48. The number of aromatic hydroxyl groups is 1. The number of ether oxygens (including phenoxy) is 1. The lowest BCUT2D eigenvalue weighted by Crippen LogP contribution is -2.56. The maximum Gasteiger partial charge on any atom is 0.323 e. The summed E-state index contributed by atoms with van der Waals surface area (Å²) in [5, 5.41) is 29.1. The molecule has 1 aliphatic rings. The van der Waals surface area contributed by atoms with Crippen LogP contribution in [0.3, 0.4) is 0 Å². The first-order valence-electron chi connectivity index (χ1n) is 13.5. The number of aliphatic carboxylic acids is 1. The van der Waals surface area contributed by atoms with Crippen molar-refractivity contribution in [2.75, 3.05) is 31.6 Å². The molecule has 0 bridgehead atoms. The SMILES string of the molecule is CCc1c(N2CCN(C(=O)c3ncnc(C)c3O)CC2CC)c(=O)c2nn(-c3ccnc(OC)c3)nc2n1CC(=O)O. The molecule has 4 aromatic heterocycles.